The van der Waals surface area contributed by atoms with Crippen molar-refractivity contribution in [2.24, 2.45) is 5.10 Å². The molecule has 1 atom stereocenters. The van der Waals surface area contributed by atoms with Crippen molar-refractivity contribution in [3.63, 3.8) is 0 Å². The molecule has 0 saturated heterocycles. The molecule has 0 unspecified atom stereocenters. The minimum absolute atomic E-state index is 0.130. The number of allylic oxidation sites excluding steroid dienone is 1. The van der Waals surface area contributed by atoms with Gasteiger partial charge in [-0.3, -0.25) is 4.79 Å². The third-order valence-corrected chi connectivity index (χ3v) is 4.94. The summed E-state index contributed by atoms with van der Waals surface area (Å²) < 4.78 is 16.1. The molecule has 0 fully saturated rings. The SMILES string of the molecule is CCOC(=O)C1=C(C)NC(=O)N[C@H]1c1ccc(OCC(=O)N/N=C\c2ccc(O)cc2)c(OC)c1. The summed E-state index contributed by atoms with van der Waals surface area (Å²) in [5.41, 5.74) is 4.26. The van der Waals surface area contributed by atoms with Crippen molar-refractivity contribution in [3.8, 4) is 17.2 Å². The molecule has 1 heterocycles. The number of benzene rings is 2. The quantitative estimate of drug-likeness (QED) is 0.243. The summed E-state index contributed by atoms with van der Waals surface area (Å²) in [7, 11) is 1.43. The van der Waals surface area contributed by atoms with E-state index in [1.807, 2.05) is 0 Å². The maximum Gasteiger partial charge on any atom is 0.338 e. The van der Waals surface area contributed by atoms with Gasteiger partial charge in [0, 0.05) is 5.70 Å². The van der Waals surface area contributed by atoms with Crippen molar-refractivity contribution in [1.29, 1.82) is 0 Å². The maximum absolute atomic E-state index is 12.5. The fraction of sp³-hybridized carbons (Fsp3) is 0.250. The van der Waals surface area contributed by atoms with Crippen LogP contribution in [0.1, 0.15) is 31.0 Å². The van der Waals surface area contributed by atoms with Crippen molar-refractivity contribution >= 4 is 24.1 Å². The molecule has 35 heavy (non-hydrogen) atoms. The number of phenols is 1. The van der Waals surface area contributed by atoms with Crippen molar-refractivity contribution in [2.75, 3.05) is 20.3 Å². The second-order valence-corrected chi connectivity index (χ2v) is 7.37. The van der Waals surface area contributed by atoms with Gasteiger partial charge >= 0.3 is 12.0 Å². The van der Waals surface area contributed by atoms with Crippen molar-refractivity contribution in [2.45, 2.75) is 19.9 Å². The van der Waals surface area contributed by atoms with Crippen molar-refractivity contribution in [1.82, 2.24) is 16.1 Å². The number of carbonyl (C=O) groups excluding carboxylic acids is 3. The first-order valence-electron chi connectivity index (χ1n) is 10.7. The zero-order valence-electron chi connectivity index (χ0n) is 19.5. The van der Waals surface area contributed by atoms with E-state index in [9.17, 15) is 19.5 Å². The maximum atomic E-state index is 12.5. The topological polar surface area (TPSA) is 148 Å². The molecule has 1 aliphatic heterocycles. The molecule has 2 aromatic rings. The number of methoxy groups -OCH3 is 1. The van der Waals surface area contributed by atoms with Gasteiger partial charge < -0.3 is 30.0 Å². The minimum Gasteiger partial charge on any atom is -0.508 e. The molecule has 3 amide bonds. The van der Waals surface area contributed by atoms with Crippen LogP contribution in [0, 0.1) is 0 Å². The summed E-state index contributed by atoms with van der Waals surface area (Å²) >= 11 is 0. The van der Waals surface area contributed by atoms with E-state index in [2.05, 4.69) is 21.2 Å². The normalized spacial score (nSPS) is 15.3. The van der Waals surface area contributed by atoms with Gasteiger partial charge in [0.05, 0.1) is 31.5 Å². The van der Waals surface area contributed by atoms with Crippen LogP contribution in [0.2, 0.25) is 0 Å². The molecular weight excluding hydrogens is 456 g/mol. The second-order valence-electron chi connectivity index (χ2n) is 7.37. The van der Waals surface area contributed by atoms with Crippen LogP contribution in [0.15, 0.2) is 58.8 Å². The number of hydrogen-bond acceptors (Lipinski definition) is 8. The first kappa shape index (κ1) is 25.1. The summed E-state index contributed by atoms with van der Waals surface area (Å²) in [6.45, 7) is 3.17. The Balaban J connectivity index is 1.69. The van der Waals surface area contributed by atoms with E-state index in [4.69, 9.17) is 14.2 Å². The highest BCUT2D eigenvalue weighted by atomic mass is 16.5. The van der Waals surface area contributed by atoms with E-state index in [0.717, 1.165) is 0 Å². The van der Waals surface area contributed by atoms with Crippen LogP contribution in [-0.4, -0.2) is 49.6 Å². The van der Waals surface area contributed by atoms with E-state index < -0.39 is 23.9 Å². The molecular formula is C24H26N4O7. The average molecular weight is 482 g/mol. The number of ether oxygens (including phenoxy) is 3. The zero-order valence-corrected chi connectivity index (χ0v) is 19.5. The predicted octanol–water partition coefficient (Wildman–Crippen LogP) is 2.12. The smallest absolute Gasteiger partial charge is 0.338 e. The highest BCUT2D eigenvalue weighted by Gasteiger charge is 2.32. The summed E-state index contributed by atoms with van der Waals surface area (Å²) in [6.07, 6.45) is 1.43. The Morgan fingerprint density at radius 2 is 1.91 bits per heavy atom. The molecule has 1 aliphatic rings. The number of carbonyl (C=O) groups is 3. The number of amides is 3. The van der Waals surface area contributed by atoms with Crippen LogP contribution >= 0.6 is 0 Å². The molecule has 11 heteroatoms. The summed E-state index contributed by atoms with van der Waals surface area (Å²) in [5, 5.41) is 18.4. The summed E-state index contributed by atoms with van der Waals surface area (Å²) in [4.78, 5) is 36.6. The van der Waals surface area contributed by atoms with Gasteiger partial charge in [-0.05, 0) is 61.4 Å². The first-order valence-corrected chi connectivity index (χ1v) is 10.7. The van der Waals surface area contributed by atoms with E-state index in [-0.39, 0.29) is 30.3 Å². The molecule has 0 bridgehead atoms. The highest BCUT2D eigenvalue weighted by Crippen LogP contribution is 2.34. The second kappa shape index (κ2) is 11.5. The number of rotatable bonds is 9. The van der Waals surface area contributed by atoms with Gasteiger partial charge in [0.15, 0.2) is 18.1 Å². The molecule has 4 N–H and O–H groups in total. The monoisotopic (exact) mass is 482 g/mol. The molecule has 3 rings (SSSR count). The Morgan fingerprint density at radius 3 is 2.60 bits per heavy atom. The number of urea groups is 1. The molecule has 0 radical (unpaired) electrons. The Hall–Kier alpha value is -4.54. The Bertz CT molecular complexity index is 1160. The molecule has 2 aromatic carbocycles. The molecule has 0 saturated carbocycles. The standard InChI is InChI=1S/C24H26N4O7/c1-4-34-23(31)21-14(2)26-24(32)27-22(21)16-7-10-18(19(11-16)33-3)35-13-20(30)28-25-12-15-5-8-17(29)9-6-15/h5-12,22,29H,4,13H2,1-3H3,(H,28,30)(H2,26,27,32)/b25-12-/t22-/m0/s1. The van der Waals surface area contributed by atoms with E-state index in [1.54, 1.807) is 44.2 Å². The van der Waals surface area contributed by atoms with Crippen molar-refractivity contribution < 1.29 is 33.7 Å². The molecule has 0 aliphatic carbocycles. The molecule has 0 aromatic heterocycles. The van der Waals surface area contributed by atoms with Crippen LogP contribution in [-0.2, 0) is 14.3 Å². The molecule has 11 nitrogen and oxygen atoms in total. The number of nitrogens with one attached hydrogen (secondary N) is 3. The number of hydrogen-bond donors (Lipinski definition) is 4. The molecule has 0 spiro atoms. The lowest BCUT2D eigenvalue weighted by atomic mass is 9.95. The van der Waals surface area contributed by atoms with Gasteiger partial charge in [0.1, 0.15) is 5.75 Å². The van der Waals surface area contributed by atoms with Crippen LogP contribution < -0.4 is 25.5 Å². The fourth-order valence-electron chi connectivity index (χ4n) is 3.32. The third-order valence-electron chi connectivity index (χ3n) is 4.94. The third kappa shape index (κ3) is 6.50. The number of nitrogens with zero attached hydrogens (tertiary/aromatic N) is 1. The summed E-state index contributed by atoms with van der Waals surface area (Å²) in [6, 6.07) is 9.92. The van der Waals surface area contributed by atoms with E-state index in [0.29, 0.717) is 22.6 Å². The van der Waals surface area contributed by atoms with Gasteiger partial charge in [-0.25, -0.2) is 15.0 Å². The van der Waals surface area contributed by atoms with Gasteiger partial charge in [0.2, 0.25) is 0 Å². The van der Waals surface area contributed by atoms with Gasteiger partial charge in [-0.15, -0.1) is 0 Å². The van der Waals surface area contributed by atoms with Gasteiger partial charge in [-0.1, -0.05) is 6.07 Å². The van der Waals surface area contributed by atoms with Gasteiger partial charge in [-0.2, -0.15) is 5.10 Å². The number of esters is 1. The van der Waals surface area contributed by atoms with Crippen molar-refractivity contribution in [3.05, 3.63) is 64.9 Å². The van der Waals surface area contributed by atoms with Crippen LogP contribution in [0.3, 0.4) is 0 Å². The van der Waals surface area contributed by atoms with Crippen LogP contribution in [0.25, 0.3) is 0 Å². The molecule has 184 valence electrons. The number of phenolic OH excluding ortho intramolecular Hbond substituents is 1. The fourth-order valence-corrected chi connectivity index (χ4v) is 3.32. The van der Waals surface area contributed by atoms with Crippen LogP contribution in [0.4, 0.5) is 4.79 Å². The Kier molecular flexibility index (Phi) is 8.28. The van der Waals surface area contributed by atoms with E-state index in [1.165, 1.54) is 25.5 Å². The largest absolute Gasteiger partial charge is 0.508 e. The first-order chi connectivity index (χ1) is 16.8. The number of aromatic hydroxyl groups is 1. The Labute approximate surface area is 201 Å². The zero-order chi connectivity index (χ0) is 25.4. The minimum atomic E-state index is -0.761. The van der Waals surface area contributed by atoms with Gasteiger partial charge in [0.25, 0.3) is 5.91 Å². The Morgan fingerprint density at radius 1 is 1.17 bits per heavy atom. The average Bonchev–Trinajstić information content (AvgIpc) is 2.83. The van der Waals surface area contributed by atoms with E-state index >= 15 is 0 Å². The lowest BCUT2D eigenvalue weighted by molar-refractivity contribution is -0.139. The van der Waals surface area contributed by atoms with Crippen LogP contribution in [0.5, 0.6) is 17.2 Å². The lowest BCUT2D eigenvalue weighted by Crippen LogP contribution is -2.45. The lowest BCUT2D eigenvalue weighted by Gasteiger charge is -2.28. The predicted molar refractivity (Wildman–Crippen MR) is 126 cm³/mol. The summed E-state index contributed by atoms with van der Waals surface area (Å²) in [5.74, 6) is -0.333. The highest BCUT2D eigenvalue weighted by molar-refractivity contribution is 5.95. The number of hydrazone groups is 1.